The molecule has 6 nitrogen and oxygen atoms in total. The van der Waals surface area contributed by atoms with Crippen LogP contribution in [-0.2, 0) is 4.79 Å². The van der Waals surface area contributed by atoms with Gasteiger partial charge in [-0.05, 0) is 47.7 Å². The Morgan fingerprint density at radius 3 is 3.00 bits per heavy atom. The van der Waals surface area contributed by atoms with Gasteiger partial charge in [0.05, 0.1) is 16.6 Å². The number of hydrogen-bond acceptors (Lipinski definition) is 5. The van der Waals surface area contributed by atoms with E-state index in [4.69, 9.17) is 0 Å². The minimum Gasteiger partial charge on any atom is -0.323 e. The molecule has 2 rings (SSSR count). The Hall–Kier alpha value is -1.96. The fourth-order valence-corrected chi connectivity index (χ4v) is 2.76. The average molecular weight is 323 g/mol. The lowest BCUT2D eigenvalue weighted by Crippen LogP contribution is -2.23. The molecule has 0 aliphatic heterocycles. The molecule has 1 atom stereocenters. The normalized spacial score (nSPS) is 12.1. The van der Waals surface area contributed by atoms with Gasteiger partial charge in [-0.25, -0.2) is 9.07 Å². The maximum Gasteiger partial charge on any atom is 0.237 e. The second-order valence-electron chi connectivity index (χ2n) is 4.77. The van der Waals surface area contributed by atoms with Gasteiger partial charge in [0.25, 0.3) is 0 Å². The lowest BCUT2D eigenvalue weighted by molar-refractivity contribution is -0.115. The van der Waals surface area contributed by atoms with Crippen molar-refractivity contribution in [2.24, 2.45) is 0 Å². The molecule has 0 unspecified atom stereocenters. The van der Waals surface area contributed by atoms with Gasteiger partial charge in [-0.15, -0.1) is 16.9 Å². The number of anilines is 1. The van der Waals surface area contributed by atoms with E-state index in [1.54, 1.807) is 17.8 Å². The molecule has 0 aliphatic rings. The van der Waals surface area contributed by atoms with Crippen LogP contribution in [0.2, 0.25) is 0 Å². The van der Waals surface area contributed by atoms with E-state index in [2.05, 4.69) is 27.8 Å². The number of nitrogens with zero attached hydrogens (tertiary/aromatic N) is 4. The molecular weight excluding hydrogens is 305 g/mol. The smallest absolute Gasteiger partial charge is 0.237 e. The van der Waals surface area contributed by atoms with Gasteiger partial charge < -0.3 is 5.32 Å². The van der Waals surface area contributed by atoms with E-state index >= 15 is 0 Å². The van der Waals surface area contributed by atoms with Crippen LogP contribution in [0, 0.1) is 5.82 Å². The van der Waals surface area contributed by atoms with Crippen molar-refractivity contribution in [3.8, 4) is 5.69 Å². The van der Waals surface area contributed by atoms with E-state index in [-0.39, 0.29) is 16.8 Å². The number of carbonyl (C=O) groups excluding carboxylic acids is 1. The maximum atomic E-state index is 13.9. The van der Waals surface area contributed by atoms with Crippen molar-refractivity contribution in [1.82, 2.24) is 20.2 Å². The number of unbranched alkanes of at least 4 members (excludes halogenated alkanes) is 1. The first-order valence-electron chi connectivity index (χ1n) is 7.07. The quantitative estimate of drug-likeness (QED) is 0.793. The fourth-order valence-electron chi connectivity index (χ4n) is 1.75. The summed E-state index contributed by atoms with van der Waals surface area (Å²) < 4.78 is 15.3. The summed E-state index contributed by atoms with van der Waals surface area (Å²) >= 11 is 1.56. The van der Waals surface area contributed by atoms with Crippen LogP contribution < -0.4 is 5.32 Å². The van der Waals surface area contributed by atoms with Gasteiger partial charge in [0, 0.05) is 0 Å². The largest absolute Gasteiger partial charge is 0.323 e. The molecule has 0 bridgehead atoms. The summed E-state index contributed by atoms with van der Waals surface area (Å²) in [5.41, 5.74) is 0.703. The summed E-state index contributed by atoms with van der Waals surface area (Å²) in [5, 5.41) is 13.2. The van der Waals surface area contributed by atoms with Crippen molar-refractivity contribution in [1.29, 1.82) is 0 Å². The number of thioether (sulfide) groups is 1. The predicted octanol–water partition coefficient (Wildman–Crippen LogP) is 2.66. The lowest BCUT2D eigenvalue weighted by atomic mass is 10.2. The highest BCUT2D eigenvalue weighted by atomic mass is 32.2. The van der Waals surface area contributed by atoms with Gasteiger partial charge in [0.1, 0.15) is 12.1 Å². The molecule has 2 aromatic rings. The summed E-state index contributed by atoms with van der Waals surface area (Å²) in [6.07, 6.45) is 3.55. The van der Waals surface area contributed by atoms with Crippen LogP contribution in [0.5, 0.6) is 0 Å². The van der Waals surface area contributed by atoms with E-state index in [0.29, 0.717) is 5.69 Å². The molecule has 0 radical (unpaired) electrons. The first-order chi connectivity index (χ1) is 10.6. The van der Waals surface area contributed by atoms with Crippen molar-refractivity contribution >= 4 is 23.4 Å². The van der Waals surface area contributed by atoms with E-state index in [1.807, 2.05) is 6.92 Å². The second kappa shape index (κ2) is 7.88. The highest BCUT2D eigenvalue weighted by molar-refractivity contribution is 8.00. The molecule has 0 fully saturated rings. The van der Waals surface area contributed by atoms with Crippen LogP contribution in [0.4, 0.5) is 10.1 Å². The molecular formula is C14H18FN5OS. The van der Waals surface area contributed by atoms with Crippen LogP contribution >= 0.6 is 11.8 Å². The molecule has 22 heavy (non-hydrogen) atoms. The lowest BCUT2D eigenvalue weighted by Gasteiger charge is -2.13. The first-order valence-corrected chi connectivity index (χ1v) is 8.12. The molecule has 1 amide bonds. The van der Waals surface area contributed by atoms with Crippen molar-refractivity contribution in [2.45, 2.75) is 31.9 Å². The summed E-state index contributed by atoms with van der Waals surface area (Å²) in [6, 6.07) is 4.33. The zero-order valence-electron chi connectivity index (χ0n) is 12.5. The molecule has 0 aliphatic carbocycles. The Morgan fingerprint density at radius 1 is 1.50 bits per heavy atom. The highest BCUT2D eigenvalue weighted by Crippen LogP contribution is 2.20. The number of tetrazole rings is 1. The Kier molecular flexibility index (Phi) is 5.88. The molecule has 1 N–H and O–H groups in total. The highest BCUT2D eigenvalue weighted by Gasteiger charge is 2.15. The third-order valence-corrected chi connectivity index (χ3v) is 4.29. The van der Waals surface area contributed by atoms with Crippen molar-refractivity contribution in [3.05, 3.63) is 30.3 Å². The Labute approximate surface area is 132 Å². The molecule has 8 heteroatoms. The van der Waals surface area contributed by atoms with E-state index in [1.165, 1.54) is 23.1 Å². The van der Waals surface area contributed by atoms with Crippen molar-refractivity contribution in [2.75, 3.05) is 11.1 Å². The van der Waals surface area contributed by atoms with Gasteiger partial charge in [0.15, 0.2) is 0 Å². The van der Waals surface area contributed by atoms with Crippen LogP contribution in [0.1, 0.15) is 26.7 Å². The zero-order valence-corrected chi connectivity index (χ0v) is 13.3. The van der Waals surface area contributed by atoms with E-state index in [9.17, 15) is 9.18 Å². The van der Waals surface area contributed by atoms with Crippen LogP contribution in [-0.4, -0.2) is 37.1 Å². The SMILES string of the molecule is CCCCS[C@@H](C)C(=O)Nc1cc(-n2cnnn2)ccc1F. The van der Waals surface area contributed by atoms with Crippen molar-refractivity contribution < 1.29 is 9.18 Å². The van der Waals surface area contributed by atoms with Gasteiger partial charge in [0.2, 0.25) is 5.91 Å². The Bertz CT molecular complexity index is 620. The number of carbonyl (C=O) groups is 1. The fraction of sp³-hybridized carbons (Fsp3) is 0.429. The van der Waals surface area contributed by atoms with E-state index < -0.39 is 5.82 Å². The summed E-state index contributed by atoms with van der Waals surface area (Å²) in [7, 11) is 0. The van der Waals surface area contributed by atoms with Gasteiger partial charge in [-0.3, -0.25) is 4.79 Å². The maximum absolute atomic E-state index is 13.9. The Balaban J connectivity index is 2.05. The van der Waals surface area contributed by atoms with Crippen molar-refractivity contribution in [3.63, 3.8) is 0 Å². The summed E-state index contributed by atoms with van der Waals surface area (Å²) in [4.78, 5) is 12.1. The number of benzene rings is 1. The zero-order chi connectivity index (χ0) is 15.9. The van der Waals surface area contributed by atoms with Crippen LogP contribution in [0.3, 0.4) is 0 Å². The summed E-state index contributed by atoms with van der Waals surface area (Å²) in [6.45, 7) is 3.92. The third kappa shape index (κ3) is 4.27. The van der Waals surface area contributed by atoms with Gasteiger partial charge >= 0.3 is 0 Å². The molecule has 1 aromatic carbocycles. The molecule has 1 heterocycles. The van der Waals surface area contributed by atoms with Crippen LogP contribution in [0.15, 0.2) is 24.5 Å². The third-order valence-electron chi connectivity index (χ3n) is 3.06. The number of aromatic nitrogens is 4. The molecule has 118 valence electrons. The molecule has 1 aromatic heterocycles. The Morgan fingerprint density at radius 2 is 2.32 bits per heavy atom. The van der Waals surface area contributed by atoms with E-state index in [0.717, 1.165) is 18.6 Å². The van der Waals surface area contributed by atoms with Gasteiger partial charge in [-0.2, -0.15) is 0 Å². The number of halogens is 1. The first kappa shape index (κ1) is 16.4. The molecule has 0 saturated heterocycles. The van der Waals surface area contributed by atoms with Crippen LogP contribution in [0.25, 0.3) is 5.69 Å². The monoisotopic (exact) mass is 323 g/mol. The second-order valence-corrected chi connectivity index (χ2v) is 6.22. The number of rotatable bonds is 7. The minimum absolute atomic E-state index is 0.126. The number of hydrogen-bond donors (Lipinski definition) is 1. The number of nitrogens with one attached hydrogen (secondary N) is 1. The number of amides is 1. The molecule has 0 spiro atoms. The average Bonchev–Trinajstić information content (AvgIpc) is 3.04. The standard InChI is InChI=1S/C14H18FN5OS/c1-3-4-7-22-10(2)14(21)17-13-8-11(5-6-12(13)15)20-9-16-18-19-20/h5-6,8-10H,3-4,7H2,1-2H3,(H,17,21)/t10-/m0/s1. The predicted molar refractivity (Wildman–Crippen MR) is 84.6 cm³/mol. The summed E-state index contributed by atoms with van der Waals surface area (Å²) in [5.74, 6) is 0.211. The van der Waals surface area contributed by atoms with Gasteiger partial charge in [-0.1, -0.05) is 13.3 Å². The molecule has 0 saturated carbocycles. The topological polar surface area (TPSA) is 72.7 Å². The minimum atomic E-state index is -0.490.